The Morgan fingerprint density at radius 3 is 2.74 bits per heavy atom. The molecule has 0 saturated heterocycles. The van der Waals surface area contributed by atoms with Gasteiger partial charge in [-0.25, -0.2) is 5.48 Å². The minimum atomic E-state index is -0.180. The van der Waals surface area contributed by atoms with Gasteiger partial charge in [-0.05, 0) is 36.4 Å². The van der Waals surface area contributed by atoms with E-state index in [1.54, 1.807) is 5.48 Å². The van der Waals surface area contributed by atoms with Crippen molar-refractivity contribution in [3.8, 4) is 5.69 Å². The number of nitrogens with zero attached hydrogens (tertiary/aromatic N) is 3. The highest BCUT2D eigenvalue weighted by Gasteiger charge is 2.00. The molecular weight excluding hydrogens is 266 g/mol. The molecule has 0 bridgehead atoms. The van der Waals surface area contributed by atoms with E-state index in [9.17, 15) is 0 Å². The second-order valence-corrected chi connectivity index (χ2v) is 4.06. The summed E-state index contributed by atoms with van der Waals surface area (Å²) in [5, 5.41) is 16.4. The van der Waals surface area contributed by atoms with Crippen LogP contribution in [0.2, 0.25) is 5.02 Å². The number of hydrogen-bond acceptors (Lipinski definition) is 3. The van der Waals surface area contributed by atoms with Gasteiger partial charge in [-0.3, -0.25) is 5.21 Å². The van der Waals surface area contributed by atoms with Gasteiger partial charge >= 0.3 is 0 Å². The molecule has 1 aromatic carbocycles. The number of guanidine groups is 1. The van der Waals surface area contributed by atoms with Gasteiger partial charge in [-0.15, -0.1) is 5.10 Å². The summed E-state index contributed by atoms with van der Waals surface area (Å²) in [5.74, 6) is -0.180. The maximum atomic E-state index is 8.45. The van der Waals surface area contributed by atoms with Crippen LogP contribution in [0.3, 0.4) is 0 Å². The molecule has 7 heteroatoms. The number of nitrogens with two attached hydrogens (primary N) is 1. The molecule has 98 valence electrons. The zero-order valence-corrected chi connectivity index (χ0v) is 10.6. The van der Waals surface area contributed by atoms with Crippen molar-refractivity contribution in [1.29, 1.82) is 0 Å². The lowest BCUT2D eigenvalue weighted by Gasteiger charge is -2.05. The topological polar surface area (TPSA) is 87.9 Å². The van der Waals surface area contributed by atoms with Crippen molar-refractivity contribution in [2.75, 3.05) is 0 Å². The maximum Gasteiger partial charge on any atom is 0.237 e. The van der Waals surface area contributed by atoms with Crippen LogP contribution < -0.4 is 11.2 Å². The smallest absolute Gasteiger partial charge is 0.237 e. The highest BCUT2D eigenvalue weighted by atomic mass is 35.5. The van der Waals surface area contributed by atoms with E-state index in [2.05, 4.69) is 10.2 Å². The van der Waals surface area contributed by atoms with Gasteiger partial charge in [0.1, 0.15) is 0 Å². The zero-order valence-electron chi connectivity index (χ0n) is 9.86. The number of hydroxylamine groups is 1. The molecule has 0 saturated carbocycles. The van der Waals surface area contributed by atoms with E-state index in [-0.39, 0.29) is 5.96 Å². The number of halogens is 1. The van der Waals surface area contributed by atoms with Crippen LogP contribution in [0.1, 0.15) is 5.69 Å². The first-order valence-corrected chi connectivity index (χ1v) is 5.78. The summed E-state index contributed by atoms with van der Waals surface area (Å²) in [4.78, 5) is 0. The summed E-state index contributed by atoms with van der Waals surface area (Å²) < 4.78 is 1.91. The van der Waals surface area contributed by atoms with E-state index < -0.39 is 0 Å². The Morgan fingerprint density at radius 2 is 2.05 bits per heavy atom. The van der Waals surface area contributed by atoms with Gasteiger partial charge in [0.05, 0.1) is 11.9 Å². The molecular formula is C12H12ClN5O. The Morgan fingerprint density at radius 1 is 1.32 bits per heavy atom. The van der Waals surface area contributed by atoms with E-state index >= 15 is 0 Å². The number of rotatable bonds is 3. The van der Waals surface area contributed by atoms with Crippen molar-refractivity contribution < 1.29 is 5.21 Å². The fourth-order valence-electron chi connectivity index (χ4n) is 1.51. The predicted molar refractivity (Wildman–Crippen MR) is 74.9 cm³/mol. The molecule has 0 radical (unpaired) electrons. The fourth-order valence-corrected chi connectivity index (χ4v) is 1.63. The van der Waals surface area contributed by atoms with Gasteiger partial charge in [-0.2, -0.15) is 5.10 Å². The summed E-state index contributed by atoms with van der Waals surface area (Å²) in [7, 11) is 0. The van der Waals surface area contributed by atoms with Crippen LogP contribution in [-0.4, -0.2) is 21.9 Å². The van der Waals surface area contributed by atoms with Crippen LogP contribution in [0.15, 0.2) is 52.8 Å². The van der Waals surface area contributed by atoms with Crippen LogP contribution in [0.5, 0.6) is 0 Å². The first-order valence-electron chi connectivity index (χ1n) is 5.40. The molecule has 1 heterocycles. The average molecular weight is 278 g/mol. The van der Waals surface area contributed by atoms with E-state index in [1.165, 1.54) is 6.21 Å². The predicted octanol–water partition coefficient (Wildman–Crippen LogP) is 1.76. The lowest BCUT2D eigenvalue weighted by atomic mass is 10.3. The highest BCUT2D eigenvalue weighted by molar-refractivity contribution is 6.30. The van der Waals surface area contributed by atoms with Gasteiger partial charge in [0, 0.05) is 16.9 Å². The molecule has 0 aliphatic heterocycles. The fraction of sp³-hybridized carbons (Fsp3) is 0. The quantitative estimate of drug-likeness (QED) is 0.454. The molecule has 2 rings (SSSR count). The molecule has 1 aromatic heterocycles. The van der Waals surface area contributed by atoms with Gasteiger partial charge in [0.2, 0.25) is 5.96 Å². The first kappa shape index (κ1) is 13.1. The Hall–Kier alpha value is -2.31. The molecule has 0 unspecified atom stereocenters. The van der Waals surface area contributed by atoms with Gasteiger partial charge in [0.25, 0.3) is 0 Å². The molecule has 6 nitrogen and oxygen atoms in total. The SMILES string of the molecule is N/C(=N\N=C\c1cccn1-c1ccc(Cl)cc1)NO. The molecule has 0 aliphatic carbocycles. The largest absolute Gasteiger partial charge is 0.367 e. The molecule has 2 aromatic rings. The lowest BCUT2D eigenvalue weighted by Crippen LogP contribution is -2.27. The van der Waals surface area contributed by atoms with Gasteiger partial charge in [-0.1, -0.05) is 11.6 Å². The monoisotopic (exact) mass is 277 g/mol. The third-order valence-electron chi connectivity index (χ3n) is 2.36. The van der Waals surface area contributed by atoms with Crippen LogP contribution in [0, 0.1) is 0 Å². The first-order chi connectivity index (χ1) is 9.20. The van der Waals surface area contributed by atoms with Crippen LogP contribution in [0.4, 0.5) is 0 Å². The van der Waals surface area contributed by atoms with Gasteiger partial charge < -0.3 is 10.3 Å². The molecule has 0 aliphatic rings. The Labute approximate surface area is 114 Å². The van der Waals surface area contributed by atoms with Crippen LogP contribution in [0.25, 0.3) is 5.69 Å². The van der Waals surface area contributed by atoms with E-state index in [4.69, 9.17) is 22.5 Å². The summed E-state index contributed by atoms with van der Waals surface area (Å²) in [6.45, 7) is 0. The van der Waals surface area contributed by atoms with E-state index in [0.29, 0.717) is 5.02 Å². The second-order valence-electron chi connectivity index (χ2n) is 3.62. The van der Waals surface area contributed by atoms with Crippen molar-refractivity contribution in [2.45, 2.75) is 0 Å². The Kier molecular flexibility index (Phi) is 4.17. The lowest BCUT2D eigenvalue weighted by molar-refractivity contribution is 0.232. The standard InChI is InChI=1S/C12H12ClN5O/c13-9-3-5-10(6-4-9)18-7-1-2-11(18)8-15-16-12(14)17-19/h1-8,19H,(H3,14,16,17)/b15-8+. The minimum absolute atomic E-state index is 0.180. The van der Waals surface area contributed by atoms with Gasteiger partial charge in [0.15, 0.2) is 0 Å². The molecule has 4 N–H and O–H groups in total. The summed E-state index contributed by atoms with van der Waals surface area (Å²) in [6.07, 6.45) is 3.42. The van der Waals surface area contributed by atoms with Crippen molar-refractivity contribution in [3.05, 3.63) is 53.3 Å². The molecule has 19 heavy (non-hydrogen) atoms. The normalized spacial score (nSPS) is 12.0. The minimum Gasteiger partial charge on any atom is -0.367 e. The van der Waals surface area contributed by atoms with Crippen molar-refractivity contribution in [2.24, 2.45) is 15.9 Å². The van der Waals surface area contributed by atoms with E-state index in [1.807, 2.05) is 47.2 Å². The number of hydrogen-bond donors (Lipinski definition) is 3. The second kappa shape index (κ2) is 6.03. The van der Waals surface area contributed by atoms with Crippen molar-refractivity contribution in [3.63, 3.8) is 0 Å². The molecule has 0 amide bonds. The van der Waals surface area contributed by atoms with Crippen LogP contribution >= 0.6 is 11.6 Å². The Bertz CT molecular complexity index is 603. The summed E-state index contributed by atoms with van der Waals surface area (Å²) in [6, 6.07) is 11.2. The zero-order chi connectivity index (χ0) is 13.7. The third kappa shape index (κ3) is 3.34. The number of aromatic nitrogens is 1. The van der Waals surface area contributed by atoms with E-state index in [0.717, 1.165) is 11.4 Å². The number of nitrogens with one attached hydrogen (secondary N) is 1. The summed E-state index contributed by atoms with van der Waals surface area (Å²) in [5.41, 5.74) is 8.69. The molecule has 0 spiro atoms. The molecule has 0 fully saturated rings. The average Bonchev–Trinajstić information content (AvgIpc) is 2.88. The van der Waals surface area contributed by atoms with Crippen molar-refractivity contribution >= 4 is 23.8 Å². The maximum absolute atomic E-state index is 8.45. The Balaban J connectivity index is 2.25. The van der Waals surface area contributed by atoms with Crippen molar-refractivity contribution in [1.82, 2.24) is 10.0 Å². The van der Waals surface area contributed by atoms with Crippen LogP contribution in [-0.2, 0) is 0 Å². The highest BCUT2D eigenvalue weighted by Crippen LogP contribution is 2.15. The third-order valence-corrected chi connectivity index (χ3v) is 2.61. The molecule has 0 atom stereocenters. The summed E-state index contributed by atoms with van der Waals surface area (Å²) >= 11 is 5.85. The number of benzene rings is 1.